The zero-order valence-electron chi connectivity index (χ0n) is 13.8. The maximum absolute atomic E-state index is 12.4. The number of hydrogen-bond donors (Lipinski definition) is 2. The Morgan fingerprint density at radius 3 is 2.48 bits per heavy atom. The van der Waals surface area contributed by atoms with Gasteiger partial charge in [0.05, 0.1) is 0 Å². The molecule has 1 aromatic heterocycles. The fourth-order valence-electron chi connectivity index (χ4n) is 2.30. The lowest BCUT2D eigenvalue weighted by Gasteiger charge is -2.09. The molecule has 0 aliphatic carbocycles. The van der Waals surface area contributed by atoms with E-state index in [0.29, 0.717) is 17.9 Å². The van der Waals surface area contributed by atoms with Crippen LogP contribution in [0.15, 0.2) is 71.3 Å². The van der Waals surface area contributed by atoms with E-state index in [4.69, 9.17) is 0 Å². The Morgan fingerprint density at radius 2 is 1.76 bits per heavy atom. The van der Waals surface area contributed by atoms with Crippen molar-refractivity contribution in [3.8, 4) is 0 Å². The van der Waals surface area contributed by atoms with Crippen LogP contribution >= 0.6 is 15.9 Å². The molecule has 0 atom stereocenters. The van der Waals surface area contributed by atoms with Crippen LogP contribution in [0.1, 0.15) is 21.5 Å². The fourth-order valence-corrected chi connectivity index (χ4v) is 2.57. The number of carbonyl (C=O) groups excluding carboxylic acids is 1. The number of aryl methyl sites for hydroxylation is 1. The minimum Gasteiger partial charge on any atom is -0.366 e. The molecule has 126 valence electrons. The number of nitrogens with one attached hydrogen (secondary N) is 2. The van der Waals surface area contributed by atoms with Crippen LogP contribution in [0.3, 0.4) is 0 Å². The lowest BCUT2D eigenvalue weighted by atomic mass is 10.1. The molecule has 0 spiro atoms. The van der Waals surface area contributed by atoms with Crippen LogP contribution in [0.25, 0.3) is 0 Å². The molecule has 25 heavy (non-hydrogen) atoms. The first-order chi connectivity index (χ1) is 12.1. The Bertz CT molecular complexity index is 861. The Labute approximate surface area is 155 Å². The molecule has 0 saturated heterocycles. The molecular weight excluding hydrogens is 378 g/mol. The molecule has 0 aliphatic heterocycles. The van der Waals surface area contributed by atoms with Gasteiger partial charge in [0, 0.05) is 28.5 Å². The van der Waals surface area contributed by atoms with Gasteiger partial charge in [-0.25, -0.2) is 4.98 Å². The van der Waals surface area contributed by atoms with Gasteiger partial charge in [-0.3, -0.25) is 4.79 Å². The first-order valence-electron chi connectivity index (χ1n) is 7.92. The molecule has 0 saturated carbocycles. The van der Waals surface area contributed by atoms with E-state index < -0.39 is 0 Å². The summed E-state index contributed by atoms with van der Waals surface area (Å²) in [5.74, 6) is 0.507. The number of hydrogen-bond acceptors (Lipinski definition) is 3. The molecule has 0 unspecified atom stereocenters. The van der Waals surface area contributed by atoms with Crippen LogP contribution in [0, 0.1) is 6.92 Å². The molecule has 0 bridgehead atoms. The summed E-state index contributed by atoms with van der Waals surface area (Å²) in [5, 5.41) is 6.13. The zero-order chi connectivity index (χ0) is 17.6. The minimum atomic E-state index is -0.164. The van der Waals surface area contributed by atoms with Crippen molar-refractivity contribution in [1.82, 2.24) is 4.98 Å². The second-order valence-corrected chi connectivity index (χ2v) is 6.65. The number of halogens is 1. The number of pyridine rings is 1. The van der Waals surface area contributed by atoms with E-state index in [2.05, 4.69) is 62.7 Å². The first-order valence-corrected chi connectivity index (χ1v) is 8.72. The van der Waals surface area contributed by atoms with Gasteiger partial charge in [0.2, 0.25) is 0 Å². The molecule has 0 fully saturated rings. The van der Waals surface area contributed by atoms with Crippen LogP contribution in [-0.2, 0) is 6.54 Å². The van der Waals surface area contributed by atoms with Gasteiger partial charge < -0.3 is 10.6 Å². The molecule has 0 aliphatic rings. The molecule has 2 N–H and O–H groups in total. The highest BCUT2D eigenvalue weighted by atomic mass is 79.9. The van der Waals surface area contributed by atoms with E-state index in [0.717, 1.165) is 15.7 Å². The van der Waals surface area contributed by atoms with Crippen molar-refractivity contribution in [2.45, 2.75) is 13.5 Å². The Morgan fingerprint density at radius 1 is 1.04 bits per heavy atom. The number of aromatic nitrogens is 1. The monoisotopic (exact) mass is 395 g/mol. The standard InChI is InChI=1S/C20H18BrN3O/c1-14-2-4-15(5-3-14)13-23-19-12-16(10-11-22-19)20(25)24-18-8-6-17(21)7-9-18/h2-12H,13H2,1H3,(H,22,23)(H,24,25). The summed E-state index contributed by atoms with van der Waals surface area (Å²) in [6, 6.07) is 19.2. The summed E-state index contributed by atoms with van der Waals surface area (Å²) in [7, 11) is 0. The topological polar surface area (TPSA) is 54.0 Å². The van der Waals surface area contributed by atoms with Gasteiger partial charge in [0.1, 0.15) is 5.82 Å². The average molecular weight is 396 g/mol. The van der Waals surface area contributed by atoms with Crippen molar-refractivity contribution in [1.29, 1.82) is 0 Å². The van der Waals surface area contributed by atoms with Crippen molar-refractivity contribution in [2.75, 3.05) is 10.6 Å². The molecule has 2 aromatic carbocycles. The summed E-state index contributed by atoms with van der Waals surface area (Å²) in [5.41, 5.74) is 3.70. The smallest absolute Gasteiger partial charge is 0.255 e. The highest BCUT2D eigenvalue weighted by Crippen LogP contribution is 2.16. The molecular formula is C20H18BrN3O. The lowest BCUT2D eigenvalue weighted by molar-refractivity contribution is 0.102. The zero-order valence-corrected chi connectivity index (χ0v) is 15.4. The molecule has 1 amide bonds. The lowest BCUT2D eigenvalue weighted by Crippen LogP contribution is -2.12. The average Bonchev–Trinajstić information content (AvgIpc) is 2.63. The number of rotatable bonds is 5. The van der Waals surface area contributed by atoms with Crippen LogP contribution < -0.4 is 10.6 Å². The third-order valence-electron chi connectivity index (χ3n) is 3.72. The van der Waals surface area contributed by atoms with Gasteiger partial charge in [-0.15, -0.1) is 0 Å². The predicted octanol–water partition coefficient (Wildman–Crippen LogP) is 5.02. The summed E-state index contributed by atoms with van der Waals surface area (Å²) in [4.78, 5) is 16.7. The van der Waals surface area contributed by atoms with E-state index in [-0.39, 0.29) is 5.91 Å². The maximum atomic E-state index is 12.4. The normalized spacial score (nSPS) is 10.3. The quantitative estimate of drug-likeness (QED) is 0.637. The number of benzene rings is 2. The number of amides is 1. The Hall–Kier alpha value is -2.66. The van der Waals surface area contributed by atoms with Crippen molar-refractivity contribution < 1.29 is 4.79 Å². The van der Waals surface area contributed by atoms with E-state index in [1.807, 2.05) is 24.3 Å². The SMILES string of the molecule is Cc1ccc(CNc2cc(C(=O)Nc3ccc(Br)cc3)ccn2)cc1. The van der Waals surface area contributed by atoms with Gasteiger partial charge in [-0.2, -0.15) is 0 Å². The Balaban J connectivity index is 1.64. The predicted molar refractivity (Wildman–Crippen MR) is 105 cm³/mol. The van der Waals surface area contributed by atoms with Crippen LogP contribution in [0.5, 0.6) is 0 Å². The minimum absolute atomic E-state index is 0.164. The molecule has 4 nitrogen and oxygen atoms in total. The summed E-state index contributed by atoms with van der Waals surface area (Å²) < 4.78 is 0.969. The summed E-state index contributed by atoms with van der Waals surface area (Å²) in [6.07, 6.45) is 1.63. The van der Waals surface area contributed by atoms with E-state index in [1.54, 1.807) is 18.3 Å². The molecule has 3 rings (SSSR count). The Kier molecular flexibility index (Phi) is 5.46. The van der Waals surface area contributed by atoms with Crippen LogP contribution in [0.4, 0.5) is 11.5 Å². The second kappa shape index (κ2) is 7.94. The van der Waals surface area contributed by atoms with E-state index in [9.17, 15) is 4.79 Å². The molecule has 5 heteroatoms. The molecule has 1 heterocycles. The highest BCUT2D eigenvalue weighted by Gasteiger charge is 2.07. The van der Waals surface area contributed by atoms with Gasteiger partial charge in [0.15, 0.2) is 0 Å². The summed E-state index contributed by atoms with van der Waals surface area (Å²) in [6.45, 7) is 2.72. The van der Waals surface area contributed by atoms with Crippen molar-refractivity contribution in [2.24, 2.45) is 0 Å². The molecule has 0 radical (unpaired) electrons. The fraction of sp³-hybridized carbons (Fsp3) is 0.100. The van der Waals surface area contributed by atoms with Gasteiger partial charge in [-0.05, 0) is 48.9 Å². The largest absolute Gasteiger partial charge is 0.366 e. The first kappa shape index (κ1) is 17.2. The van der Waals surface area contributed by atoms with Crippen molar-refractivity contribution >= 4 is 33.3 Å². The van der Waals surface area contributed by atoms with E-state index in [1.165, 1.54) is 5.56 Å². The van der Waals surface area contributed by atoms with Gasteiger partial charge in [0.25, 0.3) is 5.91 Å². The van der Waals surface area contributed by atoms with Crippen molar-refractivity contribution in [3.63, 3.8) is 0 Å². The van der Waals surface area contributed by atoms with Gasteiger partial charge in [-0.1, -0.05) is 45.8 Å². The van der Waals surface area contributed by atoms with E-state index >= 15 is 0 Å². The number of nitrogens with zero attached hydrogens (tertiary/aromatic N) is 1. The van der Waals surface area contributed by atoms with Crippen LogP contribution in [-0.4, -0.2) is 10.9 Å². The highest BCUT2D eigenvalue weighted by molar-refractivity contribution is 9.10. The second-order valence-electron chi connectivity index (χ2n) is 5.73. The number of anilines is 2. The summed E-state index contributed by atoms with van der Waals surface area (Å²) >= 11 is 3.38. The molecule has 3 aromatic rings. The number of carbonyl (C=O) groups is 1. The van der Waals surface area contributed by atoms with Gasteiger partial charge >= 0.3 is 0 Å². The maximum Gasteiger partial charge on any atom is 0.255 e. The third-order valence-corrected chi connectivity index (χ3v) is 4.25. The third kappa shape index (κ3) is 4.90. The van der Waals surface area contributed by atoms with Crippen LogP contribution in [0.2, 0.25) is 0 Å². The van der Waals surface area contributed by atoms with Crippen molar-refractivity contribution in [3.05, 3.63) is 88.0 Å².